The fraction of sp³-hybridized carbons (Fsp3) is 0.130. The van der Waals surface area contributed by atoms with Gasteiger partial charge in [0.25, 0.3) is 5.91 Å². The van der Waals surface area contributed by atoms with Crippen LogP contribution in [0.2, 0.25) is 0 Å². The minimum atomic E-state index is -0.260. The normalized spacial score (nSPS) is 10.9. The third-order valence-electron chi connectivity index (χ3n) is 4.38. The number of rotatable bonds is 9. The maximum Gasteiger partial charge on any atom is 0.250 e. The van der Waals surface area contributed by atoms with Crippen LogP contribution < -0.4 is 10.2 Å². The molecule has 0 atom stereocenters. The summed E-state index contributed by atoms with van der Waals surface area (Å²) < 4.78 is 7.44. The molecule has 33 heavy (non-hydrogen) atoms. The molecule has 0 aliphatic carbocycles. The Bertz CT molecular complexity index is 1210. The molecule has 0 bridgehead atoms. The number of hydrogen-bond donors (Lipinski definition) is 1. The van der Waals surface area contributed by atoms with Gasteiger partial charge in [-0.2, -0.15) is 5.10 Å². The van der Waals surface area contributed by atoms with Crippen molar-refractivity contribution in [1.82, 2.24) is 30.2 Å². The molecular formula is C23H21N7O2S. The largest absolute Gasteiger partial charge is 0.494 e. The zero-order valence-electron chi connectivity index (χ0n) is 17.8. The molecule has 3 heterocycles. The predicted molar refractivity (Wildman–Crippen MR) is 126 cm³/mol. The summed E-state index contributed by atoms with van der Waals surface area (Å²) in [6, 6.07) is 15.0. The number of thioether (sulfide) groups is 1. The fourth-order valence-corrected chi connectivity index (χ4v) is 3.67. The second-order valence-electron chi connectivity index (χ2n) is 6.68. The van der Waals surface area contributed by atoms with Crippen LogP contribution in [0.5, 0.6) is 5.75 Å². The van der Waals surface area contributed by atoms with E-state index in [2.05, 4.69) is 30.7 Å². The summed E-state index contributed by atoms with van der Waals surface area (Å²) in [7, 11) is 0. The Morgan fingerprint density at radius 3 is 2.58 bits per heavy atom. The molecule has 0 aliphatic rings. The molecule has 0 unspecified atom stereocenters. The van der Waals surface area contributed by atoms with Crippen LogP contribution in [0, 0.1) is 0 Å². The summed E-state index contributed by atoms with van der Waals surface area (Å²) in [6.45, 7) is 2.53. The molecule has 0 saturated heterocycles. The van der Waals surface area contributed by atoms with Crippen LogP contribution in [0.4, 0.5) is 0 Å². The van der Waals surface area contributed by atoms with Crippen molar-refractivity contribution in [3.8, 4) is 22.8 Å². The number of carbonyl (C=O) groups is 1. The smallest absolute Gasteiger partial charge is 0.250 e. The van der Waals surface area contributed by atoms with Gasteiger partial charge in [0.05, 0.1) is 18.6 Å². The maximum absolute atomic E-state index is 12.3. The fourth-order valence-electron chi connectivity index (χ4n) is 2.93. The lowest BCUT2D eigenvalue weighted by Gasteiger charge is -2.11. The van der Waals surface area contributed by atoms with E-state index in [0.717, 1.165) is 22.6 Å². The highest BCUT2D eigenvalue weighted by atomic mass is 32.2. The first kappa shape index (κ1) is 22.2. The average Bonchev–Trinajstić information content (AvgIpc) is 3.29. The molecule has 1 aromatic carbocycles. The van der Waals surface area contributed by atoms with Crippen molar-refractivity contribution in [2.45, 2.75) is 12.1 Å². The molecule has 1 amide bonds. The Morgan fingerprint density at radius 1 is 1.09 bits per heavy atom. The van der Waals surface area contributed by atoms with E-state index in [1.807, 2.05) is 54.0 Å². The molecule has 1 N–H and O–H groups in total. The van der Waals surface area contributed by atoms with Gasteiger partial charge in [-0.3, -0.25) is 19.3 Å². The first-order chi connectivity index (χ1) is 16.2. The minimum absolute atomic E-state index is 0.118. The topological polar surface area (TPSA) is 107 Å². The molecule has 0 aliphatic heterocycles. The number of aromatic nitrogens is 5. The van der Waals surface area contributed by atoms with E-state index in [9.17, 15) is 4.79 Å². The third kappa shape index (κ3) is 5.80. The molecule has 166 valence electrons. The zero-order valence-corrected chi connectivity index (χ0v) is 18.6. The van der Waals surface area contributed by atoms with Gasteiger partial charge in [-0.05, 0) is 49.4 Å². The monoisotopic (exact) mass is 459 g/mol. The van der Waals surface area contributed by atoms with Crippen molar-refractivity contribution in [2.75, 3.05) is 12.4 Å². The molecule has 0 fully saturated rings. The second-order valence-corrected chi connectivity index (χ2v) is 7.62. The highest BCUT2D eigenvalue weighted by molar-refractivity contribution is 7.99. The number of hydrazone groups is 1. The van der Waals surface area contributed by atoms with Crippen LogP contribution in [0.3, 0.4) is 0 Å². The van der Waals surface area contributed by atoms with Crippen LogP contribution in [-0.2, 0) is 4.79 Å². The molecule has 9 nitrogen and oxygen atoms in total. The quantitative estimate of drug-likeness (QED) is 0.232. The van der Waals surface area contributed by atoms with Crippen molar-refractivity contribution in [1.29, 1.82) is 0 Å². The van der Waals surface area contributed by atoms with Gasteiger partial charge >= 0.3 is 0 Å². The van der Waals surface area contributed by atoms with Crippen molar-refractivity contribution in [2.24, 2.45) is 5.10 Å². The standard InChI is InChI=1S/C23H21N7O2S/c1-2-32-20-9-7-19(8-10-20)30-22(18-6-4-12-25-15-18)28-29-23(30)33-16-21(31)27-26-14-17-5-3-11-24-13-17/h3-15H,2,16H2,1H3,(H,27,31). The summed E-state index contributed by atoms with van der Waals surface area (Å²) in [5.74, 6) is 1.26. The summed E-state index contributed by atoms with van der Waals surface area (Å²) in [5.41, 5.74) is 4.97. The highest BCUT2D eigenvalue weighted by Crippen LogP contribution is 2.28. The van der Waals surface area contributed by atoms with E-state index in [-0.39, 0.29) is 11.7 Å². The van der Waals surface area contributed by atoms with Crippen molar-refractivity contribution >= 4 is 23.9 Å². The number of pyridine rings is 2. The van der Waals surface area contributed by atoms with Gasteiger partial charge in [0.1, 0.15) is 5.75 Å². The number of amides is 1. The van der Waals surface area contributed by atoms with E-state index in [0.29, 0.717) is 17.6 Å². The second kappa shape index (κ2) is 11.0. The first-order valence-electron chi connectivity index (χ1n) is 10.2. The summed E-state index contributed by atoms with van der Waals surface area (Å²) in [6.07, 6.45) is 8.30. The Kier molecular flexibility index (Phi) is 7.39. The number of ether oxygens (including phenoxy) is 1. The van der Waals surface area contributed by atoms with Gasteiger partial charge < -0.3 is 4.74 Å². The lowest BCUT2D eigenvalue weighted by Crippen LogP contribution is -2.20. The van der Waals surface area contributed by atoms with Crippen LogP contribution in [0.1, 0.15) is 12.5 Å². The Morgan fingerprint density at radius 2 is 1.88 bits per heavy atom. The minimum Gasteiger partial charge on any atom is -0.494 e. The van der Waals surface area contributed by atoms with Gasteiger partial charge in [0.2, 0.25) is 0 Å². The van der Waals surface area contributed by atoms with Gasteiger partial charge in [0, 0.05) is 41.6 Å². The number of benzene rings is 1. The lowest BCUT2D eigenvalue weighted by molar-refractivity contribution is -0.118. The molecular weight excluding hydrogens is 438 g/mol. The van der Waals surface area contributed by atoms with E-state index >= 15 is 0 Å². The molecule has 3 aromatic heterocycles. The van der Waals surface area contributed by atoms with Crippen molar-refractivity contribution in [3.63, 3.8) is 0 Å². The predicted octanol–water partition coefficient (Wildman–Crippen LogP) is 3.37. The molecule has 0 radical (unpaired) electrons. The van der Waals surface area contributed by atoms with E-state index < -0.39 is 0 Å². The maximum atomic E-state index is 12.3. The number of nitrogens with zero attached hydrogens (tertiary/aromatic N) is 6. The molecule has 4 aromatic rings. The summed E-state index contributed by atoms with van der Waals surface area (Å²) in [4.78, 5) is 20.5. The lowest BCUT2D eigenvalue weighted by atomic mass is 10.2. The highest BCUT2D eigenvalue weighted by Gasteiger charge is 2.17. The van der Waals surface area contributed by atoms with Crippen LogP contribution >= 0.6 is 11.8 Å². The SMILES string of the molecule is CCOc1ccc(-n2c(SCC(=O)NN=Cc3cccnc3)nnc2-c2cccnc2)cc1. The van der Waals surface area contributed by atoms with Crippen molar-refractivity contribution < 1.29 is 9.53 Å². The van der Waals surface area contributed by atoms with Crippen LogP contribution in [0.25, 0.3) is 17.1 Å². The van der Waals surface area contributed by atoms with Crippen molar-refractivity contribution in [3.05, 3.63) is 78.9 Å². The zero-order chi connectivity index (χ0) is 22.9. The van der Waals surface area contributed by atoms with Gasteiger partial charge in [-0.15, -0.1) is 10.2 Å². The van der Waals surface area contributed by atoms with Gasteiger partial charge in [0.15, 0.2) is 11.0 Å². The molecule has 0 spiro atoms. The molecule has 4 rings (SSSR count). The average molecular weight is 460 g/mol. The van der Waals surface area contributed by atoms with E-state index in [1.54, 1.807) is 37.1 Å². The Balaban J connectivity index is 1.52. The molecule has 10 heteroatoms. The first-order valence-corrected chi connectivity index (χ1v) is 11.2. The van der Waals surface area contributed by atoms with Crippen LogP contribution in [0.15, 0.2) is 83.6 Å². The number of carbonyl (C=O) groups excluding carboxylic acids is 1. The van der Waals surface area contributed by atoms with Gasteiger partial charge in [-0.1, -0.05) is 17.8 Å². The molecule has 0 saturated carbocycles. The summed E-state index contributed by atoms with van der Waals surface area (Å²) in [5, 5.41) is 13.2. The number of hydrogen-bond acceptors (Lipinski definition) is 8. The summed E-state index contributed by atoms with van der Waals surface area (Å²) >= 11 is 1.27. The Hall–Kier alpha value is -4.05. The van der Waals surface area contributed by atoms with Gasteiger partial charge in [-0.25, -0.2) is 5.43 Å². The third-order valence-corrected chi connectivity index (χ3v) is 5.31. The Labute approximate surface area is 195 Å². The van der Waals surface area contributed by atoms with Crippen LogP contribution in [-0.4, -0.2) is 49.2 Å². The van der Waals surface area contributed by atoms with E-state index in [4.69, 9.17) is 4.74 Å². The van der Waals surface area contributed by atoms with E-state index in [1.165, 1.54) is 11.8 Å². The number of nitrogens with one attached hydrogen (secondary N) is 1.